The highest BCUT2D eigenvalue weighted by Crippen LogP contribution is 2.34. The Balaban J connectivity index is 1.92. The maximum Gasteiger partial charge on any atom is 0.417 e. The van der Waals surface area contributed by atoms with E-state index in [2.05, 4.69) is 10.2 Å². The van der Waals surface area contributed by atoms with E-state index in [1.54, 1.807) is 18.2 Å². The minimum atomic E-state index is -4.51. The molecule has 0 radical (unpaired) electrons. The third-order valence-electron chi connectivity index (χ3n) is 3.11. The van der Waals surface area contributed by atoms with Crippen LogP contribution < -0.4 is 0 Å². The first-order valence-corrected chi connectivity index (χ1v) is 8.56. The summed E-state index contributed by atoms with van der Waals surface area (Å²) < 4.78 is 40.0. The predicted octanol–water partition coefficient (Wildman–Crippen LogP) is 6.00. The molecule has 1 aromatic carbocycles. The van der Waals surface area contributed by atoms with E-state index in [1.807, 2.05) is 0 Å². The minimum Gasteiger partial charge on any atom is -0.276 e. The Labute approximate surface area is 153 Å². The molecule has 24 heavy (non-hydrogen) atoms. The van der Waals surface area contributed by atoms with Gasteiger partial charge in [0.15, 0.2) is 10.8 Å². The molecule has 2 aromatic heterocycles. The monoisotopic (exact) mass is 411 g/mol. The third-order valence-corrected chi connectivity index (χ3v) is 5.14. The molecule has 0 saturated carbocycles. The molecule has 3 aromatic rings. The van der Waals surface area contributed by atoms with Crippen molar-refractivity contribution in [3.63, 3.8) is 0 Å². The zero-order valence-corrected chi connectivity index (χ0v) is 14.7. The molecule has 0 atom stereocenters. The number of nitrogens with zero attached hydrogens (tertiary/aromatic N) is 3. The van der Waals surface area contributed by atoms with Crippen LogP contribution in [0.15, 0.2) is 35.6 Å². The van der Waals surface area contributed by atoms with Gasteiger partial charge in [0.2, 0.25) is 0 Å². The molecule has 0 fully saturated rings. The maximum absolute atomic E-state index is 12.9. The lowest BCUT2D eigenvalue weighted by atomic mass is 10.2. The zero-order valence-electron chi connectivity index (χ0n) is 11.6. The second kappa shape index (κ2) is 6.63. The van der Waals surface area contributed by atoms with Gasteiger partial charge in [-0.05, 0) is 23.8 Å². The van der Waals surface area contributed by atoms with E-state index < -0.39 is 11.7 Å². The summed E-state index contributed by atoms with van der Waals surface area (Å²) in [5, 5.41) is 8.75. The smallest absolute Gasteiger partial charge is 0.276 e. The standard InChI is InChI=1S/C14H7Cl3F3N3S/c15-9-2-1-7(3-10(9)16)6-24-13-22-21-12-11(17)4-8(5-23(12)13)14(18,19)20/h1-5H,6H2. The number of benzene rings is 1. The van der Waals surface area contributed by atoms with Gasteiger partial charge in [-0.2, -0.15) is 13.2 Å². The first-order chi connectivity index (χ1) is 11.3. The Kier molecular flexibility index (Phi) is 4.88. The van der Waals surface area contributed by atoms with E-state index in [0.717, 1.165) is 17.8 Å². The van der Waals surface area contributed by atoms with Gasteiger partial charge in [0.05, 0.1) is 20.6 Å². The summed E-state index contributed by atoms with van der Waals surface area (Å²) in [6.45, 7) is 0. The second-order valence-corrected chi connectivity index (χ2v) is 6.95. The molecule has 0 N–H and O–H groups in total. The van der Waals surface area contributed by atoms with Crippen LogP contribution in [-0.4, -0.2) is 14.6 Å². The van der Waals surface area contributed by atoms with Gasteiger partial charge in [0, 0.05) is 11.9 Å². The molecule has 0 aliphatic rings. The number of aromatic nitrogens is 3. The Hall–Kier alpha value is -1.15. The van der Waals surface area contributed by atoms with Crippen LogP contribution in [0.5, 0.6) is 0 Å². The van der Waals surface area contributed by atoms with E-state index >= 15 is 0 Å². The van der Waals surface area contributed by atoms with Crippen LogP contribution in [0.1, 0.15) is 11.1 Å². The van der Waals surface area contributed by atoms with E-state index in [4.69, 9.17) is 34.8 Å². The van der Waals surface area contributed by atoms with Crippen LogP contribution in [0, 0.1) is 0 Å². The van der Waals surface area contributed by atoms with E-state index in [1.165, 1.54) is 16.2 Å². The van der Waals surface area contributed by atoms with Crippen molar-refractivity contribution in [2.24, 2.45) is 0 Å². The molecule has 3 rings (SSSR count). The fourth-order valence-corrected chi connectivity index (χ4v) is 3.38. The summed E-state index contributed by atoms with van der Waals surface area (Å²) >= 11 is 18.9. The van der Waals surface area contributed by atoms with Crippen molar-refractivity contribution in [3.05, 3.63) is 56.7 Å². The van der Waals surface area contributed by atoms with Crippen molar-refractivity contribution in [3.8, 4) is 0 Å². The van der Waals surface area contributed by atoms with Crippen LogP contribution in [0.3, 0.4) is 0 Å². The van der Waals surface area contributed by atoms with Crippen LogP contribution in [-0.2, 0) is 11.9 Å². The lowest BCUT2D eigenvalue weighted by Crippen LogP contribution is -2.07. The highest BCUT2D eigenvalue weighted by atomic mass is 35.5. The number of fused-ring (bicyclic) bond motifs is 1. The van der Waals surface area contributed by atoms with Crippen molar-refractivity contribution in [2.75, 3.05) is 0 Å². The quantitative estimate of drug-likeness (QED) is 0.494. The van der Waals surface area contributed by atoms with Crippen LogP contribution in [0.2, 0.25) is 15.1 Å². The van der Waals surface area contributed by atoms with Crippen LogP contribution in [0.25, 0.3) is 5.65 Å². The topological polar surface area (TPSA) is 30.2 Å². The molecular weight excluding hydrogens is 406 g/mol. The molecule has 10 heteroatoms. The number of rotatable bonds is 3. The summed E-state index contributed by atoms with van der Waals surface area (Å²) in [5.74, 6) is 0.436. The lowest BCUT2D eigenvalue weighted by molar-refractivity contribution is -0.137. The number of pyridine rings is 1. The average Bonchev–Trinajstić information content (AvgIpc) is 2.91. The minimum absolute atomic E-state index is 0.112. The van der Waals surface area contributed by atoms with Gasteiger partial charge in [-0.3, -0.25) is 4.40 Å². The second-order valence-electron chi connectivity index (χ2n) is 4.79. The molecule has 126 valence electrons. The Morgan fingerprint density at radius 2 is 1.75 bits per heavy atom. The van der Waals surface area contributed by atoms with Crippen LogP contribution >= 0.6 is 46.6 Å². The molecule has 0 unspecified atom stereocenters. The molecule has 0 spiro atoms. The van der Waals surface area contributed by atoms with Gasteiger partial charge in [-0.15, -0.1) is 10.2 Å². The number of hydrogen-bond donors (Lipinski definition) is 0. The highest BCUT2D eigenvalue weighted by Gasteiger charge is 2.32. The third kappa shape index (κ3) is 3.59. The van der Waals surface area contributed by atoms with Gasteiger partial charge in [-0.25, -0.2) is 0 Å². The first kappa shape index (κ1) is 17.7. The fraction of sp³-hybridized carbons (Fsp3) is 0.143. The Bertz CT molecular complexity index is 911. The van der Waals surface area contributed by atoms with Crippen molar-refractivity contribution in [1.82, 2.24) is 14.6 Å². The normalized spacial score (nSPS) is 12.1. The predicted molar refractivity (Wildman–Crippen MR) is 89.0 cm³/mol. The van der Waals surface area contributed by atoms with E-state index in [-0.39, 0.29) is 10.7 Å². The summed E-state index contributed by atoms with van der Waals surface area (Å²) in [5.41, 5.74) is 0.154. The Morgan fingerprint density at radius 1 is 1.00 bits per heavy atom. The summed E-state index contributed by atoms with van der Waals surface area (Å²) in [7, 11) is 0. The van der Waals surface area contributed by atoms with Crippen molar-refractivity contribution >= 4 is 52.2 Å². The SMILES string of the molecule is FC(F)(F)c1cc(Cl)c2nnc(SCc3ccc(Cl)c(Cl)c3)n2c1. The van der Waals surface area contributed by atoms with Gasteiger partial charge < -0.3 is 0 Å². The van der Waals surface area contributed by atoms with Crippen molar-refractivity contribution in [2.45, 2.75) is 17.1 Å². The summed E-state index contributed by atoms with van der Waals surface area (Å²) in [6.07, 6.45) is -3.58. The summed E-state index contributed by atoms with van der Waals surface area (Å²) in [4.78, 5) is 0. The molecule has 2 heterocycles. The van der Waals surface area contributed by atoms with E-state index in [0.29, 0.717) is 21.0 Å². The van der Waals surface area contributed by atoms with Crippen molar-refractivity contribution in [1.29, 1.82) is 0 Å². The maximum atomic E-state index is 12.9. The molecule has 0 amide bonds. The summed E-state index contributed by atoms with van der Waals surface area (Å²) in [6, 6.07) is 5.95. The number of hydrogen-bond acceptors (Lipinski definition) is 3. The first-order valence-electron chi connectivity index (χ1n) is 6.44. The molecular formula is C14H7Cl3F3N3S. The zero-order chi connectivity index (χ0) is 17.5. The highest BCUT2D eigenvalue weighted by molar-refractivity contribution is 7.98. The van der Waals surface area contributed by atoms with Gasteiger partial charge in [0.25, 0.3) is 0 Å². The van der Waals surface area contributed by atoms with Crippen molar-refractivity contribution < 1.29 is 13.2 Å². The average molecular weight is 413 g/mol. The lowest BCUT2D eigenvalue weighted by Gasteiger charge is -2.08. The molecule has 0 bridgehead atoms. The van der Waals surface area contributed by atoms with Gasteiger partial charge in [0.1, 0.15) is 0 Å². The van der Waals surface area contributed by atoms with Gasteiger partial charge in [-0.1, -0.05) is 52.6 Å². The Morgan fingerprint density at radius 3 is 2.42 bits per heavy atom. The fourth-order valence-electron chi connectivity index (χ4n) is 1.96. The van der Waals surface area contributed by atoms with Crippen LogP contribution in [0.4, 0.5) is 13.2 Å². The molecule has 3 nitrogen and oxygen atoms in total. The van der Waals surface area contributed by atoms with Gasteiger partial charge >= 0.3 is 6.18 Å². The molecule has 0 aliphatic heterocycles. The van der Waals surface area contributed by atoms with E-state index in [9.17, 15) is 13.2 Å². The molecule has 0 aliphatic carbocycles. The molecule has 0 saturated heterocycles. The largest absolute Gasteiger partial charge is 0.417 e. The number of halogens is 6. The number of alkyl halides is 3. The number of thioether (sulfide) groups is 1.